The molecule has 2 aromatic carbocycles. The monoisotopic (exact) mass is 329 g/mol. The first-order valence-corrected chi connectivity index (χ1v) is 7.30. The second kappa shape index (κ2) is 7.50. The number of rotatable bonds is 5. The molecule has 0 aromatic heterocycles. The molecule has 0 saturated heterocycles. The third-order valence-corrected chi connectivity index (χ3v) is 3.60. The zero-order valence-electron chi connectivity index (χ0n) is 13.8. The van der Waals surface area contributed by atoms with E-state index in [9.17, 15) is 14.7 Å². The van der Waals surface area contributed by atoms with Gasteiger partial charge in [-0.25, -0.2) is 4.79 Å². The van der Waals surface area contributed by atoms with Gasteiger partial charge >= 0.3 is 5.97 Å². The molecular weight excluding hydrogens is 310 g/mol. The summed E-state index contributed by atoms with van der Waals surface area (Å²) in [7, 11) is 2.75. The molecule has 2 N–H and O–H groups in total. The fourth-order valence-electron chi connectivity index (χ4n) is 2.25. The Morgan fingerprint density at radius 2 is 1.88 bits per heavy atom. The van der Waals surface area contributed by atoms with Crippen LogP contribution in [0.15, 0.2) is 36.4 Å². The molecule has 24 heavy (non-hydrogen) atoms. The highest BCUT2D eigenvalue weighted by Gasteiger charge is 2.15. The van der Waals surface area contributed by atoms with Crippen LogP contribution in [0.1, 0.15) is 31.8 Å². The molecule has 0 saturated carbocycles. The lowest BCUT2D eigenvalue weighted by molar-refractivity contribution is 0.0597. The van der Waals surface area contributed by atoms with Crippen molar-refractivity contribution < 1.29 is 24.2 Å². The lowest BCUT2D eigenvalue weighted by Gasteiger charge is -2.11. The topological polar surface area (TPSA) is 84.9 Å². The summed E-state index contributed by atoms with van der Waals surface area (Å²) in [5.74, 6) is -0.559. The van der Waals surface area contributed by atoms with Crippen LogP contribution in [0.5, 0.6) is 11.5 Å². The van der Waals surface area contributed by atoms with E-state index in [1.54, 1.807) is 43.3 Å². The van der Waals surface area contributed by atoms with Gasteiger partial charge in [0.05, 0.1) is 19.8 Å². The lowest BCUT2D eigenvalue weighted by atomic mass is 10.1. The number of nitrogens with one attached hydrogen (secondary N) is 1. The molecule has 0 atom stereocenters. The smallest absolute Gasteiger partial charge is 0.341 e. The molecule has 0 unspecified atom stereocenters. The minimum Gasteiger partial charge on any atom is -0.507 e. The maximum atomic E-state index is 12.2. The number of phenols is 1. The number of carbonyl (C=O) groups excluding carboxylic acids is 2. The summed E-state index contributed by atoms with van der Waals surface area (Å²) >= 11 is 0. The molecule has 0 bridgehead atoms. The molecule has 2 aromatic rings. The van der Waals surface area contributed by atoms with Crippen molar-refractivity contribution in [1.82, 2.24) is 5.32 Å². The fourth-order valence-corrected chi connectivity index (χ4v) is 2.25. The Balaban J connectivity index is 2.16. The van der Waals surface area contributed by atoms with Crippen molar-refractivity contribution >= 4 is 11.9 Å². The van der Waals surface area contributed by atoms with E-state index < -0.39 is 11.9 Å². The minimum absolute atomic E-state index is 0.0417. The molecule has 2 rings (SSSR count). The zero-order valence-corrected chi connectivity index (χ0v) is 13.8. The van der Waals surface area contributed by atoms with Crippen LogP contribution < -0.4 is 10.1 Å². The predicted molar refractivity (Wildman–Crippen MR) is 88.3 cm³/mol. The predicted octanol–water partition coefficient (Wildman–Crippen LogP) is 2.43. The molecule has 0 heterocycles. The van der Waals surface area contributed by atoms with Gasteiger partial charge in [0.15, 0.2) is 0 Å². The maximum Gasteiger partial charge on any atom is 0.341 e. The molecule has 126 valence electrons. The van der Waals surface area contributed by atoms with Gasteiger partial charge in [-0.05, 0) is 36.2 Å². The quantitative estimate of drug-likeness (QED) is 0.823. The van der Waals surface area contributed by atoms with Gasteiger partial charge in [0.25, 0.3) is 5.91 Å². The average molecular weight is 329 g/mol. The molecule has 0 aliphatic heterocycles. The molecule has 6 nitrogen and oxygen atoms in total. The third kappa shape index (κ3) is 3.65. The van der Waals surface area contributed by atoms with Crippen LogP contribution in [0.4, 0.5) is 0 Å². The van der Waals surface area contributed by atoms with Crippen LogP contribution in [0, 0.1) is 6.92 Å². The third-order valence-electron chi connectivity index (χ3n) is 3.60. The summed E-state index contributed by atoms with van der Waals surface area (Å²) in [5, 5.41) is 12.7. The van der Waals surface area contributed by atoms with Gasteiger partial charge in [0, 0.05) is 6.54 Å². The fraction of sp³-hybridized carbons (Fsp3) is 0.222. The van der Waals surface area contributed by atoms with E-state index in [0.29, 0.717) is 16.9 Å². The van der Waals surface area contributed by atoms with Crippen LogP contribution in [0.2, 0.25) is 0 Å². The van der Waals surface area contributed by atoms with Gasteiger partial charge in [-0.1, -0.05) is 18.2 Å². The molecule has 0 aliphatic carbocycles. The summed E-state index contributed by atoms with van der Waals surface area (Å²) in [6.45, 7) is 1.92. The molecule has 0 aliphatic rings. The standard InChI is InChI=1S/C18H19NO5/c1-11-5-4-6-13(16(11)20)17(21)19-10-12-7-8-15(23-2)14(9-12)18(22)24-3/h4-9,20H,10H2,1-3H3,(H,19,21). The number of phenolic OH excluding ortho intramolecular Hbond substituents is 1. The Morgan fingerprint density at radius 1 is 1.12 bits per heavy atom. The van der Waals surface area contributed by atoms with Crippen molar-refractivity contribution in [3.63, 3.8) is 0 Å². The SMILES string of the molecule is COC(=O)c1cc(CNC(=O)c2cccc(C)c2O)ccc1OC. The number of aryl methyl sites for hydroxylation is 1. The van der Waals surface area contributed by atoms with Crippen molar-refractivity contribution in [3.8, 4) is 11.5 Å². The number of para-hydroxylation sites is 1. The van der Waals surface area contributed by atoms with Crippen molar-refractivity contribution in [1.29, 1.82) is 0 Å². The van der Waals surface area contributed by atoms with E-state index in [2.05, 4.69) is 5.32 Å². The average Bonchev–Trinajstić information content (AvgIpc) is 2.61. The number of hydrogen-bond donors (Lipinski definition) is 2. The highest BCUT2D eigenvalue weighted by Crippen LogP contribution is 2.22. The van der Waals surface area contributed by atoms with Crippen molar-refractivity contribution in [2.24, 2.45) is 0 Å². The molecular formula is C18H19NO5. The first-order valence-electron chi connectivity index (χ1n) is 7.30. The Bertz CT molecular complexity index is 770. The lowest BCUT2D eigenvalue weighted by Crippen LogP contribution is -2.23. The van der Waals surface area contributed by atoms with E-state index >= 15 is 0 Å². The van der Waals surface area contributed by atoms with E-state index in [4.69, 9.17) is 9.47 Å². The maximum absolute atomic E-state index is 12.2. The number of hydrogen-bond acceptors (Lipinski definition) is 5. The highest BCUT2D eigenvalue weighted by atomic mass is 16.5. The van der Waals surface area contributed by atoms with Gasteiger partial charge in [-0.2, -0.15) is 0 Å². The number of esters is 1. The van der Waals surface area contributed by atoms with Crippen molar-refractivity contribution in [2.45, 2.75) is 13.5 Å². The van der Waals surface area contributed by atoms with Gasteiger partial charge in [0.2, 0.25) is 0 Å². The van der Waals surface area contributed by atoms with Gasteiger partial charge in [-0.3, -0.25) is 4.79 Å². The van der Waals surface area contributed by atoms with Gasteiger partial charge in [-0.15, -0.1) is 0 Å². The first-order chi connectivity index (χ1) is 11.5. The van der Waals surface area contributed by atoms with Crippen molar-refractivity contribution in [2.75, 3.05) is 14.2 Å². The summed E-state index contributed by atoms with van der Waals surface area (Å²) < 4.78 is 9.84. The van der Waals surface area contributed by atoms with Crippen LogP contribution >= 0.6 is 0 Å². The Labute approximate surface area is 140 Å². The van der Waals surface area contributed by atoms with Crippen LogP contribution in [0.25, 0.3) is 0 Å². The van der Waals surface area contributed by atoms with E-state index in [1.807, 2.05) is 0 Å². The minimum atomic E-state index is -0.517. The van der Waals surface area contributed by atoms with E-state index in [1.165, 1.54) is 14.2 Å². The second-order valence-electron chi connectivity index (χ2n) is 5.18. The van der Waals surface area contributed by atoms with E-state index in [0.717, 1.165) is 0 Å². The summed E-state index contributed by atoms with van der Waals surface area (Å²) in [4.78, 5) is 24.0. The summed E-state index contributed by atoms with van der Waals surface area (Å²) in [6, 6.07) is 9.94. The molecule has 0 fully saturated rings. The number of methoxy groups -OCH3 is 2. The number of benzene rings is 2. The summed E-state index contributed by atoms with van der Waals surface area (Å²) in [6.07, 6.45) is 0. The Kier molecular flexibility index (Phi) is 5.42. The molecule has 0 radical (unpaired) electrons. The molecule has 1 amide bonds. The van der Waals surface area contributed by atoms with Gasteiger partial charge < -0.3 is 19.9 Å². The van der Waals surface area contributed by atoms with Crippen LogP contribution in [-0.4, -0.2) is 31.2 Å². The molecule has 0 spiro atoms. The van der Waals surface area contributed by atoms with E-state index in [-0.39, 0.29) is 23.4 Å². The van der Waals surface area contributed by atoms with Crippen molar-refractivity contribution in [3.05, 3.63) is 58.7 Å². The van der Waals surface area contributed by atoms with Crippen LogP contribution in [-0.2, 0) is 11.3 Å². The van der Waals surface area contributed by atoms with Gasteiger partial charge in [0.1, 0.15) is 17.1 Å². The number of amides is 1. The zero-order chi connectivity index (χ0) is 17.7. The van der Waals surface area contributed by atoms with Crippen LogP contribution in [0.3, 0.4) is 0 Å². The largest absolute Gasteiger partial charge is 0.507 e. The number of ether oxygens (including phenoxy) is 2. The molecule has 6 heteroatoms. The second-order valence-corrected chi connectivity index (χ2v) is 5.18. The normalized spacial score (nSPS) is 10.1. The highest BCUT2D eigenvalue weighted by molar-refractivity contribution is 5.97. The summed E-state index contributed by atoms with van der Waals surface area (Å²) in [5.41, 5.74) is 1.82. The Morgan fingerprint density at radius 3 is 2.54 bits per heavy atom. The number of aromatic hydroxyl groups is 1. The Hall–Kier alpha value is -3.02. The first kappa shape index (κ1) is 17.3. The number of carbonyl (C=O) groups is 2.